The van der Waals surface area contributed by atoms with Crippen LogP contribution in [0.3, 0.4) is 0 Å². The molecule has 0 aliphatic heterocycles. The Morgan fingerprint density at radius 2 is 2.04 bits per heavy atom. The molecular weight excluding hydrogens is 412 g/mol. The molecule has 0 unspecified atom stereocenters. The predicted molar refractivity (Wildman–Crippen MR) is 101 cm³/mol. The molecule has 2 aromatic heterocycles. The summed E-state index contributed by atoms with van der Waals surface area (Å²) in [6.45, 7) is -0.467. The van der Waals surface area contributed by atoms with E-state index in [-0.39, 0.29) is 11.5 Å². The Hall–Kier alpha value is -2.20. The van der Waals surface area contributed by atoms with Crippen LogP contribution in [0.25, 0.3) is 10.8 Å². The highest BCUT2D eigenvalue weighted by Crippen LogP contribution is 2.24. The van der Waals surface area contributed by atoms with Gasteiger partial charge in [-0.3, -0.25) is 4.79 Å². The summed E-state index contributed by atoms with van der Waals surface area (Å²) in [5.41, 5.74) is 0.558. The van der Waals surface area contributed by atoms with E-state index in [4.69, 9.17) is 20.8 Å². The van der Waals surface area contributed by atoms with Gasteiger partial charge >= 0.3 is 5.97 Å². The van der Waals surface area contributed by atoms with E-state index in [0.29, 0.717) is 21.5 Å². The molecule has 142 valence electrons. The molecule has 3 aromatic rings. The van der Waals surface area contributed by atoms with E-state index in [1.807, 2.05) is 0 Å². The molecule has 2 heterocycles. The van der Waals surface area contributed by atoms with Crippen molar-refractivity contribution in [3.63, 3.8) is 0 Å². The van der Waals surface area contributed by atoms with E-state index in [9.17, 15) is 13.2 Å². The normalized spacial score (nSPS) is 11.7. The number of hydrogen-bond acceptors (Lipinski definition) is 7. The summed E-state index contributed by atoms with van der Waals surface area (Å²) in [5, 5.41) is 2.85. The lowest BCUT2D eigenvalue weighted by atomic mass is 10.4. The molecule has 10 heteroatoms. The van der Waals surface area contributed by atoms with E-state index >= 15 is 0 Å². The van der Waals surface area contributed by atoms with Crippen molar-refractivity contribution in [3.8, 4) is 10.8 Å². The first-order valence-corrected chi connectivity index (χ1v) is 10.4. The van der Waals surface area contributed by atoms with Gasteiger partial charge in [0.05, 0.1) is 16.9 Å². The Labute approximate surface area is 165 Å². The highest BCUT2D eigenvalue weighted by Gasteiger charge is 2.23. The zero-order valence-electron chi connectivity index (χ0n) is 14.2. The highest BCUT2D eigenvalue weighted by molar-refractivity contribution is 7.89. The third-order valence-corrected chi connectivity index (χ3v) is 6.51. The maximum Gasteiger partial charge on any atom is 0.321 e. The van der Waals surface area contributed by atoms with Gasteiger partial charge in [0.1, 0.15) is 13.2 Å². The summed E-state index contributed by atoms with van der Waals surface area (Å²) in [7, 11) is -2.50. The first kappa shape index (κ1) is 19.6. The number of rotatable bonds is 7. The van der Waals surface area contributed by atoms with E-state index in [2.05, 4.69) is 4.98 Å². The molecule has 0 saturated carbocycles. The Bertz CT molecular complexity index is 1010. The van der Waals surface area contributed by atoms with Crippen molar-refractivity contribution in [2.75, 3.05) is 13.6 Å². The lowest BCUT2D eigenvalue weighted by Gasteiger charge is -2.16. The summed E-state index contributed by atoms with van der Waals surface area (Å²) >= 11 is 7.13. The Morgan fingerprint density at radius 1 is 1.30 bits per heavy atom. The van der Waals surface area contributed by atoms with Crippen molar-refractivity contribution in [2.45, 2.75) is 11.5 Å². The molecule has 0 aliphatic rings. The number of hydrogen-bond donors (Lipinski definition) is 0. The minimum absolute atomic E-state index is 0.0461. The summed E-state index contributed by atoms with van der Waals surface area (Å²) in [6.07, 6.45) is 1.55. The minimum Gasteiger partial charge on any atom is -0.462 e. The monoisotopic (exact) mass is 426 g/mol. The third kappa shape index (κ3) is 4.75. The van der Waals surface area contributed by atoms with Crippen molar-refractivity contribution in [1.29, 1.82) is 0 Å². The molecule has 0 N–H and O–H groups in total. The second-order valence-electron chi connectivity index (χ2n) is 5.50. The van der Waals surface area contributed by atoms with Crippen LogP contribution >= 0.6 is 22.9 Å². The molecular formula is C17H15ClN2O5S2. The van der Waals surface area contributed by atoms with E-state index < -0.39 is 22.5 Å². The number of ether oxygens (including phenoxy) is 1. The van der Waals surface area contributed by atoms with Gasteiger partial charge in [-0.25, -0.2) is 13.4 Å². The minimum atomic E-state index is -3.81. The average Bonchev–Trinajstić information content (AvgIpc) is 3.31. The first-order chi connectivity index (χ1) is 12.9. The van der Waals surface area contributed by atoms with Crippen LogP contribution in [0.1, 0.15) is 5.69 Å². The molecule has 0 aliphatic carbocycles. The molecule has 0 fully saturated rings. The van der Waals surface area contributed by atoms with Crippen LogP contribution in [-0.2, 0) is 26.2 Å². The molecule has 0 radical (unpaired) electrons. The molecule has 0 bridgehead atoms. The van der Waals surface area contributed by atoms with Crippen LogP contribution in [0.5, 0.6) is 0 Å². The Balaban J connectivity index is 1.56. The molecule has 3 rings (SSSR count). The molecule has 7 nitrogen and oxygen atoms in total. The van der Waals surface area contributed by atoms with Crippen molar-refractivity contribution in [1.82, 2.24) is 9.29 Å². The number of carbonyl (C=O) groups is 1. The molecule has 0 saturated heterocycles. The van der Waals surface area contributed by atoms with Crippen LogP contribution in [0, 0.1) is 0 Å². The van der Waals surface area contributed by atoms with Gasteiger partial charge in [-0.1, -0.05) is 11.6 Å². The van der Waals surface area contributed by atoms with E-state index in [1.54, 1.807) is 23.8 Å². The molecule has 0 atom stereocenters. The van der Waals surface area contributed by atoms with Crippen LogP contribution in [0.2, 0.25) is 5.02 Å². The number of nitrogens with zero attached hydrogens (tertiary/aromatic N) is 2. The van der Waals surface area contributed by atoms with Gasteiger partial charge in [-0.05, 0) is 36.4 Å². The van der Waals surface area contributed by atoms with Crippen molar-refractivity contribution >= 4 is 38.9 Å². The number of esters is 1. The highest BCUT2D eigenvalue weighted by atomic mass is 35.5. The lowest BCUT2D eigenvalue weighted by molar-refractivity contribution is -0.145. The van der Waals surface area contributed by atoms with Crippen LogP contribution < -0.4 is 0 Å². The van der Waals surface area contributed by atoms with E-state index in [1.165, 1.54) is 42.6 Å². The van der Waals surface area contributed by atoms with Gasteiger partial charge in [-0.15, -0.1) is 11.3 Å². The van der Waals surface area contributed by atoms with Crippen LogP contribution in [0.4, 0.5) is 0 Å². The summed E-state index contributed by atoms with van der Waals surface area (Å²) in [4.78, 5) is 16.4. The summed E-state index contributed by atoms with van der Waals surface area (Å²) in [6, 6.07) is 9.24. The molecule has 27 heavy (non-hydrogen) atoms. The summed E-state index contributed by atoms with van der Waals surface area (Å²) < 4.78 is 36.2. The number of likely N-dealkylation sites (N-methyl/N-ethyl adjacent to an activating group) is 1. The van der Waals surface area contributed by atoms with Crippen molar-refractivity contribution in [2.24, 2.45) is 0 Å². The number of furan rings is 1. The maximum atomic E-state index is 12.4. The zero-order valence-corrected chi connectivity index (χ0v) is 16.6. The van der Waals surface area contributed by atoms with Crippen molar-refractivity contribution < 1.29 is 22.4 Å². The number of thiazole rings is 1. The van der Waals surface area contributed by atoms with E-state index in [0.717, 1.165) is 4.31 Å². The van der Waals surface area contributed by atoms with Crippen LogP contribution in [0.15, 0.2) is 57.4 Å². The SMILES string of the molecule is CN(CC(=O)OCc1csc(-c2ccco2)n1)S(=O)(=O)c1ccc(Cl)cc1. The Morgan fingerprint density at radius 3 is 2.70 bits per heavy atom. The van der Waals surface area contributed by atoms with Gasteiger partial charge in [0.2, 0.25) is 10.0 Å². The zero-order chi connectivity index (χ0) is 19.4. The first-order valence-electron chi connectivity index (χ1n) is 7.72. The fourth-order valence-corrected chi connectivity index (χ4v) is 4.15. The maximum absolute atomic E-state index is 12.4. The molecule has 0 spiro atoms. The lowest BCUT2D eigenvalue weighted by Crippen LogP contribution is -2.33. The summed E-state index contributed by atoms with van der Waals surface area (Å²) in [5.74, 6) is -0.0473. The van der Waals surface area contributed by atoms with Gasteiger partial charge in [0.25, 0.3) is 0 Å². The Kier molecular flexibility index (Phi) is 5.95. The molecule has 1 aromatic carbocycles. The predicted octanol–water partition coefficient (Wildman–Crippen LogP) is 3.42. The topological polar surface area (TPSA) is 89.7 Å². The largest absolute Gasteiger partial charge is 0.462 e. The number of sulfonamides is 1. The van der Waals surface area contributed by atoms with Gasteiger partial charge in [0.15, 0.2) is 10.8 Å². The van der Waals surface area contributed by atoms with Gasteiger partial charge in [0, 0.05) is 17.5 Å². The fourth-order valence-electron chi connectivity index (χ4n) is 2.14. The van der Waals surface area contributed by atoms with Gasteiger partial charge in [-0.2, -0.15) is 4.31 Å². The number of benzene rings is 1. The third-order valence-electron chi connectivity index (χ3n) is 3.54. The second kappa shape index (κ2) is 8.22. The standard InChI is InChI=1S/C17H15ClN2O5S2/c1-20(27(22,23)14-6-4-12(18)5-7-14)9-16(21)25-10-13-11-26-17(19-13)15-3-2-8-24-15/h2-8,11H,9-10H2,1H3. The second-order valence-corrected chi connectivity index (χ2v) is 8.84. The van der Waals surface area contributed by atoms with Crippen LogP contribution in [-0.4, -0.2) is 37.3 Å². The average molecular weight is 427 g/mol. The van der Waals surface area contributed by atoms with Gasteiger partial charge < -0.3 is 9.15 Å². The molecule has 0 amide bonds. The quantitative estimate of drug-likeness (QED) is 0.538. The number of carbonyl (C=O) groups excluding carboxylic acids is 1. The fraction of sp³-hybridized carbons (Fsp3) is 0.176. The number of aromatic nitrogens is 1. The number of halogens is 1. The smallest absolute Gasteiger partial charge is 0.321 e. The van der Waals surface area contributed by atoms with Crippen molar-refractivity contribution in [3.05, 3.63) is 58.8 Å².